The number of aliphatic carboxylic acids is 1. The molecule has 0 aromatic heterocycles. The molecular formula is C14H14IN3O5S. The number of carboxylic acid groups (broad SMARTS) is 1. The van der Waals surface area contributed by atoms with Crippen LogP contribution in [0.25, 0.3) is 0 Å². The van der Waals surface area contributed by atoms with Gasteiger partial charge < -0.3 is 19.9 Å². The van der Waals surface area contributed by atoms with Gasteiger partial charge in [-0.2, -0.15) is 5.10 Å². The number of nitrogens with one attached hydrogen (secondary N) is 1. The molecule has 0 radical (unpaired) electrons. The van der Waals surface area contributed by atoms with Gasteiger partial charge in [0.15, 0.2) is 16.7 Å². The minimum atomic E-state index is -1.03. The topological polar surface area (TPSA) is 110 Å². The first-order valence-corrected chi connectivity index (χ1v) is 8.62. The molecule has 0 aliphatic carbocycles. The van der Waals surface area contributed by atoms with Crippen molar-refractivity contribution in [3.05, 3.63) is 21.3 Å². The lowest BCUT2D eigenvalue weighted by atomic mass is 10.2. The number of amides is 1. The molecule has 10 heteroatoms. The Labute approximate surface area is 155 Å². The highest BCUT2D eigenvalue weighted by Crippen LogP contribution is 2.33. The maximum Gasteiger partial charge on any atom is 0.305 e. The third kappa shape index (κ3) is 4.60. The zero-order valence-corrected chi connectivity index (χ0v) is 15.8. The molecule has 0 spiro atoms. The van der Waals surface area contributed by atoms with Crippen molar-refractivity contribution in [2.24, 2.45) is 10.2 Å². The van der Waals surface area contributed by atoms with Crippen molar-refractivity contribution in [3.8, 4) is 11.5 Å². The van der Waals surface area contributed by atoms with Crippen LogP contribution in [0.2, 0.25) is 0 Å². The fourth-order valence-electron chi connectivity index (χ4n) is 1.91. The average Bonchev–Trinajstić information content (AvgIpc) is 2.85. The second-order valence-electron chi connectivity index (χ2n) is 4.58. The lowest BCUT2D eigenvalue weighted by molar-refractivity contribution is -0.138. The van der Waals surface area contributed by atoms with E-state index < -0.39 is 11.2 Å². The van der Waals surface area contributed by atoms with Crippen LogP contribution < -0.4 is 14.8 Å². The van der Waals surface area contributed by atoms with Crippen LogP contribution in [0, 0.1) is 3.57 Å². The molecule has 1 fully saturated rings. The number of halogens is 1. The van der Waals surface area contributed by atoms with Gasteiger partial charge in [-0.3, -0.25) is 9.59 Å². The Kier molecular flexibility index (Phi) is 6.43. The number of thioether (sulfide) groups is 1. The van der Waals surface area contributed by atoms with E-state index in [4.69, 9.17) is 14.6 Å². The smallest absolute Gasteiger partial charge is 0.305 e. The monoisotopic (exact) mass is 463 g/mol. The third-order valence-electron chi connectivity index (χ3n) is 2.95. The number of carboxylic acids is 1. The van der Waals surface area contributed by atoms with Crippen LogP contribution in [0.15, 0.2) is 22.3 Å². The number of carbonyl (C=O) groups excluding carboxylic acids is 1. The maximum absolute atomic E-state index is 11.6. The van der Waals surface area contributed by atoms with Gasteiger partial charge in [0.1, 0.15) is 5.25 Å². The van der Waals surface area contributed by atoms with Gasteiger partial charge >= 0.3 is 5.97 Å². The Morgan fingerprint density at radius 2 is 2.21 bits per heavy atom. The molecule has 1 aromatic carbocycles. The zero-order valence-electron chi connectivity index (χ0n) is 12.8. The van der Waals surface area contributed by atoms with Crippen molar-refractivity contribution in [1.29, 1.82) is 0 Å². The number of ether oxygens (including phenoxy) is 2. The lowest BCUT2D eigenvalue weighted by Gasteiger charge is -2.09. The van der Waals surface area contributed by atoms with Crippen molar-refractivity contribution in [2.45, 2.75) is 11.7 Å². The van der Waals surface area contributed by atoms with Gasteiger partial charge in [0, 0.05) is 0 Å². The first-order valence-electron chi connectivity index (χ1n) is 6.66. The minimum Gasteiger partial charge on any atom is -0.493 e. The second-order valence-corrected chi connectivity index (χ2v) is 6.94. The third-order valence-corrected chi connectivity index (χ3v) is 4.82. The van der Waals surface area contributed by atoms with Crippen LogP contribution in [0.3, 0.4) is 0 Å². The van der Waals surface area contributed by atoms with Crippen molar-refractivity contribution in [2.75, 3.05) is 14.2 Å². The van der Waals surface area contributed by atoms with E-state index in [1.54, 1.807) is 20.3 Å². The molecule has 1 heterocycles. The van der Waals surface area contributed by atoms with Gasteiger partial charge in [0.05, 0.1) is 30.4 Å². The Bertz CT molecular complexity index is 723. The predicted octanol–water partition coefficient (Wildman–Crippen LogP) is 1.70. The van der Waals surface area contributed by atoms with E-state index in [1.807, 2.05) is 6.07 Å². The summed E-state index contributed by atoms with van der Waals surface area (Å²) < 4.78 is 11.4. The van der Waals surface area contributed by atoms with E-state index in [0.717, 1.165) is 20.9 Å². The summed E-state index contributed by atoms with van der Waals surface area (Å²) in [4.78, 5) is 22.3. The van der Waals surface area contributed by atoms with Gasteiger partial charge in [-0.25, -0.2) is 0 Å². The molecule has 0 bridgehead atoms. The number of methoxy groups -OCH3 is 2. The van der Waals surface area contributed by atoms with Gasteiger partial charge in [-0.15, -0.1) is 5.10 Å². The SMILES string of the molecule is COc1cc(C=N/N=C2\NC(=O)C(CC(=O)O)S2)cc(I)c1OC. The molecule has 24 heavy (non-hydrogen) atoms. The highest BCUT2D eigenvalue weighted by atomic mass is 127. The molecular weight excluding hydrogens is 449 g/mol. The lowest BCUT2D eigenvalue weighted by Crippen LogP contribution is -2.26. The van der Waals surface area contributed by atoms with Crippen LogP contribution in [0.5, 0.6) is 11.5 Å². The fourth-order valence-corrected chi connectivity index (χ4v) is 3.67. The molecule has 2 N–H and O–H groups in total. The number of hydrogen-bond donors (Lipinski definition) is 2. The van der Waals surface area contributed by atoms with E-state index in [0.29, 0.717) is 11.5 Å². The largest absolute Gasteiger partial charge is 0.493 e. The van der Waals surface area contributed by atoms with Crippen LogP contribution >= 0.6 is 34.4 Å². The van der Waals surface area contributed by atoms with E-state index in [2.05, 4.69) is 38.1 Å². The fraction of sp³-hybridized carbons (Fsp3) is 0.286. The number of rotatable bonds is 6. The van der Waals surface area contributed by atoms with Crippen molar-refractivity contribution < 1.29 is 24.2 Å². The number of amidine groups is 1. The summed E-state index contributed by atoms with van der Waals surface area (Å²) in [5.41, 5.74) is 0.748. The van der Waals surface area contributed by atoms with Gasteiger partial charge in [-0.1, -0.05) is 11.8 Å². The van der Waals surface area contributed by atoms with Crippen LogP contribution in [-0.2, 0) is 9.59 Å². The van der Waals surface area contributed by atoms with E-state index in [9.17, 15) is 9.59 Å². The molecule has 1 atom stereocenters. The van der Waals surface area contributed by atoms with Crippen molar-refractivity contribution in [3.63, 3.8) is 0 Å². The summed E-state index contributed by atoms with van der Waals surface area (Å²) in [6.07, 6.45) is 1.25. The summed E-state index contributed by atoms with van der Waals surface area (Å²) in [6, 6.07) is 3.59. The molecule has 1 saturated heterocycles. The molecule has 128 valence electrons. The minimum absolute atomic E-state index is 0.257. The molecule has 1 aliphatic rings. The number of benzene rings is 1. The van der Waals surface area contributed by atoms with Gasteiger partial charge in [0.25, 0.3) is 0 Å². The van der Waals surface area contributed by atoms with Crippen LogP contribution in [0.4, 0.5) is 0 Å². The van der Waals surface area contributed by atoms with Gasteiger partial charge in [-0.05, 0) is 40.3 Å². The van der Waals surface area contributed by atoms with Crippen LogP contribution in [0.1, 0.15) is 12.0 Å². The summed E-state index contributed by atoms with van der Waals surface area (Å²) >= 11 is 3.17. The number of carbonyl (C=O) groups is 2. The zero-order chi connectivity index (χ0) is 17.7. The molecule has 1 amide bonds. The van der Waals surface area contributed by atoms with E-state index >= 15 is 0 Å². The molecule has 8 nitrogen and oxygen atoms in total. The van der Waals surface area contributed by atoms with Crippen molar-refractivity contribution >= 4 is 57.6 Å². The summed E-state index contributed by atoms with van der Waals surface area (Å²) in [6.45, 7) is 0. The molecule has 1 aromatic rings. The summed E-state index contributed by atoms with van der Waals surface area (Å²) in [7, 11) is 3.11. The van der Waals surface area contributed by atoms with Crippen LogP contribution in [-0.4, -0.2) is 47.8 Å². The maximum atomic E-state index is 11.6. The Balaban J connectivity index is 2.10. The quantitative estimate of drug-likeness (QED) is 0.378. The highest BCUT2D eigenvalue weighted by Gasteiger charge is 2.32. The Hall–Kier alpha value is -1.82. The number of nitrogens with zero attached hydrogens (tertiary/aromatic N) is 2. The van der Waals surface area contributed by atoms with E-state index in [1.165, 1.54) is 6.21 Å². The predicted molar refractivity (Wildman–Crippen MR) is 99.1 cm³/mol. The highest BCUT2D eigenvalue weighted by molar-refractivity contribution is 14.1. The molecule has 1 aliphatic heterocycles. The summed E-state index contributed by atoms with van der Waals surface area (Å²) in [5.74, 6) is -0.204. The van der Waals surface area contributed by atoms with Gasteiger partial charge in [0.2, 0.25) is 5.91 Å². The average molecular weight is 463 g/mol. The van der Waals surface area contributed by atoms with E-state index in [-0.39, 0.29) is 17.5 Å². The normalized spacial score (nSPS) is 18.9. The number of hydrogen-bond acceptors (Lipinski definition) is 7. The molecule has 1 unspecified atom stereocenters. The molecule has 0 saturated carbocycles. The van der Waals surface area contributed by atoms with Crippen molar-refractivity contribution in [1.82, 2.24) is 5.32 Å². The Morgan fingerprint density at radius 1 is 1.46 bits per heavy atom. The molecule has 2 rings (SSSR count). The first-order chi connectivity index (χ1) is 11.4. The first kappa shape index (κ1) is 18.5. The Morgan fingerprint density at radius 3 is 2.83 bits per heavy atom. The second kappa shape index (κ2) is 8.33. The standard InChI is InChI=1S/C14H14IN3O5S/c1-22-9-4-7(3-8(15)12(9)23-2)6-16-18-14-17-13(21)10(24-14)5-11(19)20/h3-4,6,10H,5H2,1-2H3,(H,19,20)(H,17,18,21). The summed E-state index contributed by atoms with van der Waals surface area (Å²) in [5, 5.41) is 18.7.